The lowest BCUT2D eigenvalue weighted by Crippen LogP contribution is -2.46. The topological polar surface area (TPSA) is 90.1 Å². The van der Waals surface area contributed by atoms with Crippen LogP contribution < -0.4 is 10.6 Å². The van der Waals surface area contributed by atoms with Gasteiger partial charge in [-0.25, -0.2) is 4.98 Å². The number of imidazole rings is 1. The van der Waals surface area contributed by atoms with Gasteiger partial charge in [0.1, 0.15) is 11.5 Å². The van der Waals surface area contributed by atoms with Gasteiger partial charge in [0.05, 0.1) is 12.2 Å². The summed E-state index contributed by atoms with van der Waals surface area (Å²) in [5.74, 6) is 1.94. The number of aromatic amines is 1. The Morgan fingerprint density at radius 1 is 1.24 bits per heavy atom. The van der Waals surface area contributed by atoms with Crippen molar-refractivity contribution in [1.82, 2.24) is 25.5 Å². The molecule has 0 aromatic carbocycles. The van der Waals surface area contributed by atoms with Gasteiger partial charge in [0.25, 0.3) is 5.91 Å². The van der Waals surface area contributed by atoms with Crippen LogP contribution in [0.15, 0.2) is 6.20 Å². The fourth-order valence-electron chi connectivity index (χ4n) is 3.87. The van der Waals surface area contributed by atoms with E-state index in [4.69, 9.17) is 0 Å². The Labute approximate surface area is 147 Å². The van der Waals surface area contributed by atoms with Gasteiger partial charge in [-0.15, -0.1) is 0 Å². The highest BCUT2D eigenvalue weighted by molar-refractivity contribution is 5.92. The van der Waals surface area contributed by atoms with Crippen LogP contribution in [0, 0.1) is 5.92 Å². The monoisotopic (exact) mass is 345 g/mol. The normalized spacial score (nSPS) is 26.6. The Morgan fingerprint density at radius 2 is 2.12 bits per heavy atom. The number of piperidine rings is 1. The predicted molar refractivity (Wildman–Crippen MR) is 93.2 cm³/mol. The number of nitrogens with zero attached hydrogens (tertiary/aromatic N) is 2. The van der Waals surface area contributed by atoms with Crippen LogP contribution in [0.4, 0.5) is 0 Å². The number of hydrogen-bond acceptors (Lipinski definition) is 4. The van der Waals surface area contributed by atoms with Crippen LogP contribution in [0.5, 0.6) is 0 Å². The summed E-state index contributed by atoms with van der Waals surface area (Å²) in [5, 5.41) is 6.28. The molecule has 7 nitrogen and oxygen atoms in total. The Hall–Kier alpha value is -1.89. The summed E-state index contributed by atoms with van der Waals surface area (Å²) in [6.07, 6.45) is 8.04. The van der Waals surface area contributed by atoms with Gasteiger partial charge in [0.15, 0.2) is 0 Å². The number of rotatable bonds is 5. The molecule has 1 aliphatic carbocycles. The maximum atomic E-state index is 12.7. The van der Waals surface area contributed by atoms with E-state index in [0.717, 1.165) is 44.6 Å². The molecule has 7 heteroatoms. The number of amides is 2. The minimum Gasteiger partial charge on any atom is -0.354 e. The Morgan fingerprint density at radius 3 is 2.88 bits per heavy atom. The molecule has 3 fully saturated rings. The maximum absolute atomic E-state index is 12.7. The molecule has 25 heavy (non-hydrogen) atoms. The van der Waals surface area contributed by atoms with Crippen molar-refractivity contribution in [3.8, 4) is 0 Å². The van der Waals surface area contributed by atoms with E-state index in [1.807, 2.05) is 4.90 Å². The first-order valence-electron chi connectivity index (χ1n) is 9.56. The fourth-order valence-corrected chi connectivity index (χ4v) is 3.87. The number of likely N-dealkylation sites (tertiary alicyclic amines) is 1. The lowest BCUT2D eigenvalue weighted by Gasteiger charge is -2.32. The Bertz CT molecular complexity index is 633. The van der Waals surface area contributed by atoms with E-state index >= 15 is 0 Å². The molecular formula is C18H27N5O2. The van der Waals surface area contributed by atoms with E-state index in [-0.39, 0.29) is 17.9 Å². The largest absolute Gasteiger partial charge is 0.354 e. The van der Waals surface area contributed by atoms with Gasteiger partial charge in [-0.3, -0.25) is 9.59 Å². The highest BCUT2D eigenvalue weighted by atomic mass is 16.2. The van der Waals surface area contributed by atoms with E-state index in [0.29, 0.717) is 30.6 Å². The smallest absolute Gasteiger partial charge is 0.271 e. The first kappa shape index (κ1) is 16.6. The third-order valence-corrected chi connectivity index (χ3v) is 5.54. The van der Waals surface area contributed by atoms with E-state index in [9.17, 15) is 9.59 Å². The fraction of sp³-hybridized carbons (Fsp3) is 0.722. The molecule has 2 atom stereocenters. The molecule has 0 bridgehead atoms. The number of aromatic nitrogens is 2. The third-order valence-electron chi connectivity index (χ3n) is 5.54. The van der Waals surface area contributed by atoms with E-state index in [1.54, 1.807) is 6.20 Å². The molecule has 3 N–H and O–H groups in total. The highest BCUT2D eigenvalue weighted by Crippen LogP contribution is 2.38. The molecule has 0 radical (unpaired) electrons. The van der Waals surface area contributed by atoms with Crippen molar-refractivity contribution in [2.24, 2.45) is 5.92 Å². The molecule has 0 spiro atoms. The van der Waals surface area contributed by atoms with Crippen molar-refractivity contribution >= 4 is 11.8 Å². The summed E-state index contributed by atoms with van der Waals surface area (Å²) in [6.45, 7) is 3.06. The Kier molecular flexibility index (Phi) is 4.74. The van der Waals surface area contributed by atoms with Crippen molar-refractivity contribution in [3.63, 3.8) is 0 Å². The summed E-state index contributed by atoms with van der Waals surface area (Å²) < 4.78 is 0. The Balaban J connectivity index is 1.29. The number of carbonyl (C=O) groups is 2. The lowest BCUT2D eigenvalue weighted by atomic mass is 9.97. The summed E-state index contributed by atoms with van der Waals surface area (Å²) >= 11 is 0. The highest BCUT2D eigenvalue weighted by Gasteiger charge is 2.30. The molecule has 136 valence electrons. The van der Waals surface area contributed by atoms with Crippen molar-refractivity contribution < 1.29 is 9.59 Å². The van der Waals surface area contributed by atoms with Gasteiger partial charge < -0.3 is 20.5 Å². The van der Waals surface area contributed by atoms with Crippen LogP contribution in [0.1, 0.15) is 60.8 Å². The second-order valence-electron chi connectivity index (χ2n) is 7.61. The number of hydrogen-bond donors (Lipinski definition) is 3. The number of carbonyl (C=O) groups excluding carboxylic acids is 2. The van der Waals surface area contributed by atoms with E-state index < -0.39 is 0 Å². The van der Waals surface area contributed by atoms with Gasteiger partial charge in [-0.1, -0.05) is 0 Å². The SMILES string of the molecule is O=C(NCC1CCCN(C(=O)c2cnc(C3CC3)[nH]2)C1)C1CCCN1. The van der Waals surface area contributed by atoms with Crippen LogP contribution in [0.25, 0.3) is 0 Å². The van der Waals surface area contributed by atoms with Crippen molar-refractivity contribution in [2.45, 2.75) is 50.5 Å². The third kappa shape index (κ3) is 3.86. The molecule has 2 aliphatic heterocycles. The van der Waals surface area contributed by atoms with Crippen molar-refractivity contribution in [2.75, 3.05) is 26.2 Å². The summed E-state index contributed by atoms with van der Waals surface area (Å²) in [5.41, 5.74) is 0.599. The quantitative estimate of drug-likeness (QED) is 0.743. The zero-order chi connectivity index (χ0) is 17.2. The summed E-state index contributed by atoms with van der Waals surface area (Å²) in [7, 11) is 0. The second kappa shape index (κ2) is 7.15. The van der Waals surface area contributed by atoms with Crippen molar-refractivity contribution in [3.05, 3.63) is 17.7 Å². The standard InChI is InChI=1S/C18H27N5O2/c24-17(14-4-1-7-19-14)21-9-12-3-2-8-23(11-12)18(25)15-10-20-16(22-15)13-5-6-13/h10,12-14,19H,1-9,11H2,(H,20,22)(H,21,24). The van der Waals surface area contributed by atoms with Crippen LogP contribution in [0.3, 0.4) is 0 Å². The molecule has 1 aromatic rings. The lowest BCUT2D eigenvalue weighted by molar-refractivity contribution is -0.123. The summed E-state index contributed by atoms with van der Waals surface area (Å²) in [4.78, 5) is 34.3. The van der Waals surface area contributed by atoms with Crippen LogP contribution in [-0.2, 0) is 4.79 Å². The van der Waals surface area contributed by atoms with Gasteiger partial charge >= 0.3 is 0 Å². The average Bonchev–Trinajstić information content (AvgIpc) is 3.14. The number of H-pyrrole nitrogens is 1. The molecule has 3 aliphatic rings. The van der Waals surface area contributed by atoms with Crippen LogP contribution >= 0.6 is 0 Å². The van der Waals surface area contributed by atoms with Crippen LogP contribution in [0.2, 0.25) is 0 Å². The summed E-state index contributed by atoms with van der Waals surface area (Å²) in [6, 6.07) is -0.0350. The first-order chi connectivity index (χ1) is 12.2. The van der Waals surface area contributed by atoms with E-state index in [1.165, 1.54) is 12.8 Å². The predicted octanol–water partition coefficient (Wildman–Crippen LogP) is 1.01. The molecule has 2 unspecified atom stereocenters. The van der Waals surface area contributed by atoms with E-state index in [2.05, 4.69) is 20.6 Å². The van der Waals surface area contributed by atoms with Gasteiger partial charge in [0.2, 0.25) is 5.91 Å². The van der Waals surface area contributed by atoms with Crippen LogP contribution in [-0.4, -0.2) is 58.9 Å². The zero-order valence-electron chi connectivity index (χ0n) is 14.6. The molecule has 1 aromatic heterocycles. The molecule has 4 rings (SSSR count). The van der Waals surface area contributed by atoms with Gasteiger partial charge in [-0.2, -0.15) is 0 Å². The average molecular weight is 345 g/mol. The van der Waals surface area contributed by atoms with Gasteiger partial charge in [-0.05, 0) is 51.0 Å². The minimum absolute atomic E-state index is 0.0350. The zero-order valence-corrected chi connectivity index (χ0v) is 14.6. The molecule has 1 saturated carbocycles. The second-order valence-corrected chi connectivity index (χ2v) is 7.61. The molecule has 2 amide bonds. The number of nitrogens with one attached hydrogen (secondary N) is 3. The van der Waals surface area contributed by atoms with Crippen molar-refractivity contribution in [1.29, 1.82) is 0 Å². The molecule has 2 saturated heterocycles. The minimum atomic E-state index is -0.0350. The molecule has 3 heterocycles. The molecular weight excluding hydrogens is 318 g/mol. The van der Waals surface area contributed by atoms with Gasteiger partial charge in [0, 0.05) is 25.6 Å². The first-order valence-corrected chi connectivity index (χ1v) is 9.56. The maximum Gasteiger partial charge on any atom is 0.271 e.